The summed E-state index contributed by atoms with van der Waals surface area (Å²) in [6.45, 7) is 4.05. The number of aromatic hydroxyl groups is 2. The number of aromatic nitrogens is 2. The van der Waals surface area contributed by atoms with E-state index in [1.54, 1.807) is 42.0 Å². The van der Waals surface area contributed by atoms with Crippen molar-refractivity contribution in [2.45, 2.75) is 32.6 Å². The minimum Gasteiger partial charge on any atom is -0.503 e. The summed E-state index contributed by atoms with van der Waals surface area (Å²) in [5.74, 6) is -0.605. The maximum Gasteiger partial charge on any atom is 0.240 e. The van der Waals surface area contributed by atoms with Gasteiger partial charge in [-0.1, -0.05) is 37.6 Å². The smallest absolute Gasteiger partial charge is 0.240 e. The molecular formula is C26H26N2O5. The number of ketones is 1. The molecule has 2 aromatic heterocycles. The number of ether oxygens (including phenoxy) is 1. The highest BCUT2D eigenvalue weighted by molar-refractivity contribution is 6.12. The zero-order valence-electron chi connectivity index (χ0n) is 18.8. The summed E-state index contributed by atoms with van der Waals surface area (Å²) < 4.78 is 11.6. The molecule has 0 fully saturated rings. The van der Waals surface area contributed by atoms with Crippen molar-refractivity contribution in [1.29, 1.82) is 0 Å². The second kappa shape index (κ2) is 9.24. The molecule has 4 rings (SSSR count). The number of nitrogens with zero attached hydrogens (tertiary/aromatic N) is 2. The van der Waals surface area contributed by atoms with Crippen LogP contribution in [0, 0.1) is 0 Å². The SMILES string of the molecule is CCCC(C)c1c(C(=O)c2ccc(OC)cc2)c(O)c(O)n1-c1ccc(-c2ccon2)cc1. The molecule has 2 heterocycles. The van der Waals surface area contributed by atoms with Crippen molar-refractivity contribution in [1.82, 2.24) is 9.72 Å². The van der Waals surface area contributed by atoms with E-state index in [-0.39, 0.29) is 23.1 Å². The van der Waals surface area contributed by atoms with Crippen molar-refractivity contribution >= 4 is 5.78 Å². The third-order valence-electron chi connectivity index (χ3n) is 5.78. The molecular weight excluding hydrogens is 420 g/mol. The van der Waals surface area contributed by atoms with Gasteiger partial charge in [0, 0.05) is 28.6 Å². The van der Waals surface area contributed by atoms with Gasteiger partial charge in [-0.2, -0.15) is 0 Å². The van der Waals surface area contributed by atoms with Crippen LogP contribution in [0.15, 0.2) is 65.4 Å². The molecule has 0 aliphatic carbocycles. The summed E-state index contributed by atoms with van der Waals surface area (Å²) in [6.07, 6.45) is 3.17. The second-order valence-corrected chi connectivity index (χ2v) is 7.95. The summed E-state index contributed by atoms with van der Waals surface area (Å²) in [4.78, 5) is 13.5. The monoisotopic (exact) mass is 446 g/mol. The van der Waals surface area contributed by atoms with Crippen LogP contribution < -0.4 is 4.74 Å². The minimum absolute atomic E-state index is 0.0887. The fraction of sp³-hybridized carbons (Fsp3) is 0.231. The normalized spacial score (nSPS) is 12.0. The molecule has 2 N–H and O–H groups in total. The van der Waals surface area contributed by atoms with E-state index in [1.165, 1.54) is 6.26 Å². The van der Waals surface area contributed by atoms with Crippen LogP contribution in [0.25, 0.3) is 16.9 Å². The van der Waals surface area contributed by atoms with E-state index in [0.717, 1.165) is 18.4 Å². The van der Waals surface area contributed by atoms with Crippen molar-refractivity contribution in [3.8, 4) is 34.3 Å². The molecule has 0 saturated heterocycles. The lowest BCUT2D eigenvalue weighted by atomic mass is 9.94. The van der Waals surface area contributed by atoms with E-state index in [0.29, 0.717) is 28.4 Å². The number of benzene rings is 2. The molecule has 0 aliphatic heterocycles. The Bertz CT molecular complexity index is 1240. The quantitative estimate of drug-likeness (QED) is 0.338. The Morgan fingerprint density at radius 1 is 1.09 bits per heavy atom. The first kappa shape index (κ1) is 22.2. The van der Waals surface area contributed by atoms with Crippen LogP contribution in [0.1, 0.15) is 54.2 Å². The van der Waals surface area contributed by atoms with E-state index >= 15 is 0 Å². The number of carbonyl (C=O) groups excluding carboxylic acids is 1. The lowest BCUT2D eigenvalue weighted by Gasteiger charge is -2.17. The lowest BCUT2D eigenvalue weighted by molar-refractivity contribution is 0.103. The summed E-state index contributed by atoms with van der Waals surface area (Å²) in [5, 5.41) is 25.7. The first-order chi connectivity index (χ1) is 16.0. The van der Waals surface area contributed by atoms with Gasteiger partial charge in [0.1, 0.15) is 17.7 Å². The zero-order chi connectivity index (χ0) is 23.5. The van der Waals surface area contributed by atoms with Gasteiger partial charge in [0.15, 0.2) is 11.5 Å². The molecule has 7 heteroatoms. The number of rotatable bonds is 8. The molecule has 33 heavy (non-hydrogen) atoms. The average Bonchev–Trinajstić information content (AvgIpc) is 3.46. The highest BCUT2D eigenvalue weighted by Crippen LogP contribution is 2.43. The molecule has 1 atom stereocenters. The fourth-order valence-corrected chi connectivity index (χ4v) is 4.12. The van der Waals surface area contributed by atoms with Crippen LogP contribution in [0.2, 0.25) is 0 Å². The highest BCUT2D eigenvalue weighted by atomic mass is 16.5. The van der Waals surface area contributed by atoms with E-state index in [2.05, 4.69) is 12.1 Å². The molecule has 2 aromatic carbocycles. The van der Waals surface area contributed by atoms with E-state index in [4.69, 9.17) is 9.26 Å². The number of methoxy groups -OCH3 is 1. The second-order valence-electron chi connectivity index (χ2n) is 7.95. The standard InChI is InChI=1S/C26H26N2O5/c1-4-5-16(2)23-22(24(29)18-8-12-20(32-3)13-9-18)25(30)26(31)28(23)19-10-6-17(7-11-19)21-14-15-33-27-21/h6-16,30-31H,4-5H2,1-3H3. The Hall–Kier alpha value is -4.00. The third-order valence-corrected chi connectivity index (χ3v) is 5.78. The maximum absolute atomic E-state index is 13.5. The van der Waals surface area contributed by atoms with Gasteiger partial charge in [0.05, 0.1) is 12.7 Å². The molecule has 0 spiro atoms. The average molecular weight is 447 g/mol. The van der Waals surface area contributed by atoms with Gasteiger partial charge < -0.3 is 19.5 Å². The van der Waals surface area contributed by atoms with E-state index in [1.807, 2.05) is 31.2 Å². The van der Waals surface area contributed by atoms with Crippen LogP contribution in [0.5, 0.6) is 17.4 Å². The first-order valence-electron chi connectivity index (χ1n) is 10.8. The topological polar surface area (TPSA) is 97.7 Å². The van der Waals surface area contributed by atoms with Crippen molar-refractivity contribution in [3.63, 3.8) is 0 Å². The van der Waals surface area contributed by atoms with E-state index in [9.17, 15) is 15.0 Å². The highest BCUT2D eigenvalue weighted by Gasteiger charge is 2.31. The molecule has 4 aromatic rings. The van der Waals surface area contributed by atoms with Gasteiger partial charge in [-0.25, -0.2) is 0 Å². The van der Waals surface area contributed by atoms with Crippen molar-refractivity contribution < 1.29 is 24.3 Å². The van der Waals surface area contributed by atoms with Gasteiger partial charge in [0.25, 0.3) is 0 Å². The predicted octanol–water partition coefficient (Wildman–Crippen LogP) is 5.69. The lowest BCUT2D eigenvalue weighted by Crippen LogP contribution is -2.11. The third kappa shape index (κ3) is 4.09. The Morgan fingerprint density at radius 2 is 1.79 bits per heavy atom. The molecule has 0 saturated carbocycles. The Morgan fingerprint density at radius 3 is 2.36 bits per heavy atom. The van der Waals surface area contributed by atoms with Crippen molar-refractivity contribution in [2.75, 3.05) is 7.11 Å². The molecule has 0 radical (unpaired) electrons. The molecule has 170 valence electrons. The maximum atomic E-state index is 13.5. The Labute approximate surface area is 191 Å². The van der Waals surface area contributed by atoms with Gasteiger partial charge in [0.2, 0.25) is 5.88 Å². The number of hydrogen-bond donors (Lipinski definition) is 2. The van der Waals surface area contributed by atoms with Crippen molar-refractivity contribution in [3.05, 3.63) is 77.7 Å². The van der Waals surface area contributed by atoms with Gasteiger partial charge in [-0.3, -0.25) is 9.36 Å². The van der Waals surface area contributed by atoms with Crippen LogP contribution >= 0.6 is 0 Å². The summed E-state index contributed by atoms with van der Waals surface area (Å²) in [6, 6.07) is 15.8. The molecule has 0 amide bonds. The van der Waals surface area contributed by atoms with Gasteiger partial charge in [-0.15, -0.1) is 0 Å². The van der Waals surface area contributed by atoms with Crippen LogP contribution in [-0.4, -0.2) is 32.8 Å². The molecule has 0 aliphatic rings. The van der Waals surface area contributed by atoms with Crippen LogP contribution in [-0.2, 0) is 0 Å². The largest absolute Gasteiger partial charge is 0.503 e. The molecule has 7 nitrogen and oxygen atoms in total. The van der Waals surface area contributed by atoms with E-state index < -0.39 is 5.75 Å². The van der Waals surface area contributed by atoms with Gasteiger partial charge in [-0.05, 0) is 48.7 Å². The minimum atomic E-state index is -0.422. The van der Waals surface area contributed by atoms with Gasteiger partial charge >= 0.3 is 0 Å². The molecule has 1 unspecified atom stereocenters. The predicted molar refractivity (Wildman–Crippen MR) is 124 cm³/mol. The van der Waals surface area contributed by atoms with Crippen LogP contribution in [0.4, 0.5) is 0 Å². The Kier molecular flexibility index (Phi) is 6.22. The zero-order valence-corrected chi connectivity index (χ0v) is 18.8. The summed E-state index contributed by atoms with van der Waals surface area (Å²) >= 11 is 0. The Balaban J connectivity index is 1.84. The first-order valence-corrected chi connectivity index (χ1v) is 10.8. The number of hydrogen-bond acceptors (Lipinski definition) is 6. The summed E-state index contributed by atoms with van der Waals surface area (Å²) in [7, 11) is 1.55. The molecule has 0 bridgehead atoms. The fourth-order valence-electron chi connectivity index (χ4n) is 4.12. The number of carbonyl (C=O) groups is 1. The van der Waals surface area contributed by atoms with Crippen LogP contribution in [0.3, 0.4) is 0 Å². The van der Waals surface area contributed by atoms with Crippen molar-refractivity contribution in [2.24, 2.45) is 0 Å². The summed E-state index contributed by atoms with van der Waals surface area (Å²) in [5.41, 5.74) is 3.24.